The third kappa shape index (κ3) is 6.86. The van der Waals surface area contributed by atoms with Gasteiger partial charge in [0.15, 0.2) is 29.3 Å². The lowest BCUT2D eigenvalue weighted by atomic mass is 9.91. The minimum atomic E-state index is -1.33. The lowest BCUT2D eigenvalue weighted by molar-refractivity contribution is -0.0384. The van der Waals surface area contributed by atoms with Crippen molar-refractivity contribution in [2.45, 2.75) is 56.3 Å². The largest absolute Gasteiger partial charge is 0.394 e. The highest BCUT2D eigenvalue weighted by atomic mass is 16.6. The highest BCUT2D eigenvalue weighted by molar-refractivity contribution is 5.84. The van der Waals surface area contributed by atoms with E-state index in [0.717, 1.165) is 19.6 Å². The van der Waals surface area contributed by atoms with E-state index in [1.165, 1.54) is 41.5 Å². The van der Waals surface area contributed by atoms with Crippen molar-refractivity contribution in [3.8, 4) is 0 Å². The average Bonchev–Trinajstić information content (AvgIpc) is 3.84. The monoisotopic (exact) mass is 655 g/mol. The lowest BCUT2D eigenvalue weighted by Crippen LogP contribution is -2.34. The van der Waals surface area contributed by atoms with Crippen LogP contribution in [-0.4, -0.2) is 111 Å². The molecule has 0 saturated carbocycles. The van der Waals surface area contributed by atoms with E-state index < -0.39 is 24.5 Å². The zero-order valence-electron chi connectivity index (χ0n) is 26.6. The molecule has 7 rings (SSSR count). The van der Waals surface area contributed by atoms with Gasteiger partial charge >= 0.3 is 0 Å². The van der Waals surface area contributed by atoms with E-state index >= 15 is 0 Å². The second-order valence-corrected chi connectivity index (χ2v) is 12.2. The van der Waals surface area contributed by atoms with E-state index in [1.807, 2.05) is 36.4 Å². The van der Waals surface area contributed by atoms with Crippen molar-refractivity contribution in [2.75, 3.05) is 50.0 Å². The maximum atomic E-state index is 11.2. The van der Waals surface area contributed by atoms with Crippen molar-refractivity contribution in [2.24, 2.45) is 0 Å². The predicted molar refractivity (Wildman–Crippen MR) is 177 cm³/mol. The summed E-state index contributed by atoms with van der Waals surface area (Å²) < 4.78 is 7.75. The molecular formula is C33H41N11O4. The summed E-state index contributed by atoms with van der Waals surface area (Å²) in [5.41, 5.74) is 3.26. The Balaban J connectivity index is 1.19. The standard InChI is InChI=1S/C33H41N11O4/c45-19-18-44-40-30(39-41-44)28-26(46)27(47)32(48-28)43-21-36-25-29(37-33(38-31(25)43)34-14-17-42-15-8-3-9-16-42)35-20-24(22-10-4-1-5-11-22)23-12-6-2-7-13-23/h1-2,4-7,10-13,21,24,26-28,32,45-47H,3,8-9,14-20H2,(H2,34,35,37,38). The van der Waals surface area contributed by atoms with E-state index in [2.05, 4.69) is 60.2 Å². The normalized spacial score (nSPS) is 21.7. The van der Waals surface area contributed by atoms with Gasteiger partial charge in [-0.25, -0.2) is 4.98 Å². The molecule has 3 aromatic heterocycles. The molecule has 4 unspecified atom stereocenters. The maximum Gasteiger partial charge on any atom is 0.226 e. The second-order valence-electron chi connectivity index (χ2n) is 12.2. The molecule has 5 N–H and O–H groups in total. The van der Waals surface area contributed by atoms with Gasteiger partial charge in [-0.05, 0) is 42.3 Å². The van der Waals surface area contributed by atoms with Gasteiger partial charge in [-0.15, -0.1) is 10.2 Å². The molecular weight excluding hydrogens is 614 g/mol. The summed E-state index contributed by atoms with van der Waals surface area (Å²) in [6.45, 7) is 4.22. The molecule has 2 aromatic carbocycles. The number of rotatable bonds is 13. The molecule has 0 amide bonds. The van der Waals surface area contributed by atoms with Crippen LogP contribution in [0.4, 0.5) is 11.8 Å². The first kappa shape index (κ1) is 32.0. The number of aliphatic hydroxyl groups excluding tert-OH is 3. The van der Waals surface area contributed by atoms with Crippen LogP contribution in [0, 0.1) is 0 Å². The van der Waals surface area contributed by atoms with Crippen molar-refractivity contribution in [3.63, 3.8) is 0 Å². The van der Waals surface area contributed by atoms with Gasteiger partial charge in [-0.3, -0.25) is 4.57 Å². The van der Waals surface area contributed by atoms with E-state index in [9.17, 15) is 15.3 Å². The number of fused-ring (bicyclic) bond motifs is 1. The number of aliphatic hydroxyl groups is 3. The molecule has 0 spiro atoms. The average molecular weight is 656 g/mol. The highest BCUT2D eigenvalue weighted by Gasteiger charge is 2.47. The van der Waals surface area contributed by atoms with Crippen molar-refractivity contribution in [1.82, 2.24) is 44.6 Å². The maximum absolute atomic E-state index is 11.2. The molecule has 252 valence electrons. The Bertz CT molecular complexity index is 1720. The number of tetrazole rings is 1. The number of aromatic nitrogens is 8. The Morgan fingerprint density at radius 1 is 0.875 bits per heavy atom. The topological polar surface area (TPSA) is 184 Å². The van der Waals surface area contributed by atoms with E-state index in [1.54, 1.807) is 4.57 Å². The number of benzene rings is 2. The fourth-order valence-corrected chi connectivity index (χ4v) is 6.47. The summed E-state index contributed by atoms with van der Waals surface area (Å²) in [6.07, 6.45) is 0.481. The fraction of sp³-hybridized carbons (Fsp3) is 0.455. The van der Waals surface area contributed by atoms with Gasteiger partial charge in [0.1, 0.15) is 12.2 Å². The van der Waals surface area contributed by atoms with Crippen LogP contribution in [0.15, 0.2) is 67.0 Å². The molecule has 0 aliphatic carbocycles. The molecule has 15 nitrogen and oxygen atoms in total. The van der Waals surface area contributed by atoms with Gasteiger partial charge in [0.2, 0.25) is 11.8 Å². The Morgan fingerprint density at radius 2 is 1.60 bits per heavy atom. The number of hydrogen-bond donors (Lipinski definition) is 5. The van der Waals surface area contributed by atoms with Gasteiger partial charge in [-0.2, -0.15) is 14.8 Å². The molecule has 4 atom stereocenters. The fourth-order valence-electron chi connectivity index (χ4n) is 6.47. The first-order valence-corrected chi connectivity index (χ1v) is 16.5. The van der Waals surface area contributed by atoms with Crippen molar-refractivity contribution < 1.29 is 20.1 Å². The molecule has 0 radical (unpaired) electrons. The molecule has 5 aromatic rings. The number of ether oxygens (including phenoxy) is 1. The van der Waals surface area contributed by atoms with Crippen LogP contribution in [0.5, 0.6) is 0 Å². The summed E-state index contributed by atoms with van der Waals surface area (Å²) in [7, 11) is 0. The van der Waals surface area contributed by atoms with Crippen LogP contribution in [-0.2, 0) is 11.3 Å². The summed E-state index contributed by atoms with van der Waals surface area (Å²) >= 11 is 0. The Morgan fingerprint density at radius 3 is 2.31 bits per heavy atom. The predicted octanol–water partition coefficient (Wildman–Crippen LogP) is 1.94. The summed E-state index contributed by atoms with van der Waals surface area (Å²) in [5, 5.41) is 50.4. The molecule has 2 saturated heterocycles. The Kier molecular flexibility index (Phi) is 9.81. The molecule has 0 bridgehead atoms. The van der Waals surface area contributed by atoms with Crippen molar-refractivity contribution >= 4 is 22.9 Å². The molecule has 5 heterocycles. The number of anilines is 2. The first-order valence-electron chi connectivity index (χ1n) is 16.5. The third-order valence-corrected chi connectivity index (χ3v) is 8.99. The third-order valence-electron chi connectivity index (χ3n) is 8.99. The van der Waals surface area contributed by atoms with Gasteiger partial charge in [0.25, 0.3) is 0 Å². The Labute approximate surface area is 277 Å². The quantitative estimate of drug-likeness (QED) is 0.124. The van der Waals surface area contributed by atoms with Gasteiger partial charge in [0, 0.05) is 25.6 Å². The summed E-state index contributed by atoms with van der Waals surface area (Å²) in [5.74, 6) is 1.09. The number of imidazole rings is 1. The molecule has 15 heteroatoms. The minimum Gasteiger partial charge on any atom is -0.394 e. The summed E-state index contributed by atoms with van der Waals surface area (Å²) in [4.78, 5) is 18.0. The number of nitrogens with zero attached hydrogens (tertiary/aromatic N) is 9. The zero-order valence-corrected chi connectivity index (χ0v) is 26.6. The van der Waals surface area contributed by atoms with Crippen LogP contribution in [0.25, 0.3) is 11.2 Å². The molecule has 2 aliphatic rings. The van der Waals surface area contributed by atoms with Crippen molar-refractivity contribution in [3.05, 3.63) is 83.9 Å². The smallest absolute Gasteiger partial charge is 0.226 e. The van der Waals surface area contributed by atoms with Crippen molar-refractivity contribution in [1.29, 1.82) is 0 Å². The van der Waals surface area contributed by atoms with E-state index in [-0.39, 0.29) is 24.9 Å². The van der Waals surface area contributed by atoms with Gasteiger partial charge < -0.3 is 35.6 Å². The van der Waals surface area contributed by atoms with E-state index in [0.29, 0.717) is 36.0 Å². The minimum absolute atomic E-state index is 0.0395. The Hall–Kier alpha value is -4.54. The first-order chi connectivity index (χ1) is 23.6. The zero-order chi connectivity index (χ0) is 32.9. The molecule has 48 heavy (non-hydrogen) atoms. The number of hydrogen-bond acceptors (Lipinski definition) is 13. The van der Waals surface area contributed by atoms with E-state index in [4.69, 9.17) is 14.7 Å². The van der Waals surface area contributed by atoms with Crippen LogP contribution in [0.2, 0.25) is 0 Å². The van der Waals surface area contributed by atoms with Gasteiger partial charge in [-0.1, -0.05) is 67.1 Å². The number of likely N-dealkylation sites (tertiary alicyclic amines) is 1. The SMILES string of the molecule is OCCn1nnc(C2OC(n3cnc4c(NCC(c5ccccc5)c5ccccc5)nc(NCCN5CCCCC5)nc43)C(O)C2O)n1. The molecule has 2 fully saturated rings. The number of nitrogens with one attached hydrogen (secondary N) is 2. The molecule has 2 aliphatic heterocycles. The van der Waals surface area contributed by atoms with Crippen LogP contribution < -0.4 is 10.6 Å². The van der Waals surface area contributed by atoms with Gasteiger partial charge in [0.05, 0.1) is 19.5 Å². The summed E-state index contributed by atoms with van der Waals surface area (Å²) in [6, 6.07) is 20.7. The lowest BCUT2D eigenvalue weighted by Gasteiger charge is -2.26. The second kappa shape index (κ2) is 14.7. The highest BCUT2D eigenvalue weighted by Crippen LogP contribution is 2.39. The van der Waals surface area contributed by atoms with Crippen LogP contribution >= 0.6 is 0 Å². The van der Waals surface area contributed by atoms with Crippen LogP contribution in [0.3, 0.4) is 0 Å². The number of piperidine rings is 1. The van der Waals surface area contributed by atoms with Crippen LogP contribution in [0.1, 0.15) is 54.5 Å².